The van der Waals surface area contributed by atoms with E-state index in [0.29, 0.717) is 17.1 Å². The number of oxime groups is 1. The fraction of sp³-hybridized carbons (Fsp3) is 0.190. The zero-order valence-electron chi connectivity index (χ0n) is 16.4. The summed E-state index contributed by atoms with van der Waals surface area (Å²) in [6.07, 6.45) is 7.56. The number of hydrogen-bond acceptors (Lipinski definition) is 7. The van der Waals surface area contributed by atoms with Gasteiger partial charge in [0.15, 0.2) is 0 Å². The van der Waals surface area contributed by atoms with E-state index in [0.717, 1.165) is 40.4 Å². The van der Waals surface area contributed by atoms with E-state index in [1.54, 1.807) is 30.9 Å². The lowest BCUT2D eigenvalue weighted by Crippen LogP contribution is -2.10. The molecule has 4 aromatic heterocycles. The minimum Gasteiger partial charge on any atom is -0.411 e. The summed E-state index contributed by atoms with van der Waals surface area (Å²) in [6, 6.07) is 5.46. The highest BCUT2D eigenvalue weighted by Gasteiger charge is 2.30. The topological polar surface area (TPSA) is 114 Å². The molecule has 0 unspecified atom stereocenters. The molecule has 0 atom stereocenters. The molecule has 1 amide bonds. The van der Waals surface area contributed by atoms with E-state index in [9.17, 15) is 14.5 Å². The zero-order valence-corrected chi connectivity index (χ0v) is 16.4. The average Bonchev–Trinajstić information content (AvgIpc) is 3.48. The molecule has 0 radical (unpaired) electrons. The van der Waals surface area contributed by atoms with Gasteiger partial charge in [-0.15, -0.1) is 0 Å². The lowest BCUT2D eigenvalue weighted by atomic mass is 10.0. The van der Waals surface area contributed by atoms with Gasteiger partial charge in [0.25, 0.3) is 0 Å². The number of halogens is 1. The monoisotopic (exact) mass is 420 g/mol. The molecule has 156 valence electrons. The van der Waals surface area contributed by atoms with Gasteiger partial charge in [-0.05, 0) is 37.5 Å². The van der Waals surface area contributed by atoms with Crippen molar-refractivity contribution >= 4 is 34.2 Å². The van der Waals surface area contributed by atoms with E-state index in [1.807, 2.05) is 23.5 Å². The molecule has 1 fully saturated rings. The molecule has 31 heavy (non-hydrogen) atoms. The number of carbonyl (C=O) groups is 1. The van der Waals surface area contributed by atoms with Crippen LogP contribution in [0.1, 0.15) is 24.1 Å². The zero-order chi connectivity index (χ0) is 21.5. The van der Waals surface area contributed by atoms with Crippen molar-refractivity contribution in [3.05, 3.63) is 54.2 Å². The molecule has 10 heteroatoms. The molecule has 0 aromatic carbocycles. The average molecular weight is 420 g/mol. The van der Waals surface area contributed by atoms with Crippen molar-refractivity contribution in [1.29, 1.82) is 0 Å². The van der Waals surface area contributed by atoms with E-state index in [-0.39, 0.29) is 11.7 Å². The van der Waals surface area contributed by atoms with Gasteiger partial charge < -0.3 is 5.21 Å². The third kappa shape index (κ3) is 3.31. The molecule has 0 aliphatic heterocycles. The number of amides is 1. The Morgan fingerprint density at radius 2 is 2.06 bits per heavy atom. The van der Waals surface area contributed by atoms with Crippen molar-refractivity contribution in [2.75, 3.05) is 5.32 Å². The van der Waals surface area contributed by atoms with Crippen LogP contribution in [0, 0.1) is 12.8 Å². The van der Waals surface area contributed by atoms with Crippen LogP contribution in [0.4, 0.5) is 15.1 Å². The predicted octanol–water partition coefficient (Wildman–Crippen LogP) is 4.27. The number of pyridine rings is 3. The minimum atomic E-state index is -1.25. The van der Waals surface area contributed by atoms with Crippen LogP contribution in [0.15, 0.2) is 48.1 Å². The van der Waals surface area contributed by atoms with Crippen LogP contribution in [0.2, 0.25) is 0 Å². The van der Waals surface area contributed by atoms with Gasteiger partial charge in [-0.25, -0.2) is 19.7 Å². The van der Waals surface area contributed by atoms with E-state index in [2.05, 4.69) is 30.4 Å². The second-order valence-corrected chi connectivity index (χ2v) is 7.44. The summed E-state index contributed by atoms with van der Waals surface area (Å²) >= 11 is 0. The summed E-state index contributed by atoms with van der Waals surface area (Å²) in [5, 5.41) is 15.8. The Bertz CT molecular complexity index is 1360. The molecule has 0 bridgehead atoms. The Hall–Kier alpha value is -4.08. The van der Waals surface area contributed by atoms with Crippen molar-refractivity contribution in [3.8, 4) is 11.1 Å². The first kappa shape index (κ1) is 18.9. The van der Waals surface area contributed by atoms with Crippen LogP contribution < -0.4 is 5.32 Å². The maximum atomic E-state index is 12.0. The summed E-state index contributed by atoms with van der Waals surface area (Å²) in [5.41, 5.74) is 5.41. The normalized spacial score (nSPS) is 14.2. The van der Waals surface area contributed by atoms with Crippen LogP contribution in [0.5, 0.6) is 0 Å². The number of rotatable bonds is 4. The van der Waals surface area contributed by atoms with Gasteiger partial charge in [0.1, 0.15) is 17.2 Å². The third-order valence-electron chi connectivity index (χ3n) is 5.39. The largest absolute Gasteiger partial charge is 0.450 e. The number of fused-ring (bicyclic) bond motifs is 3. The molecule has 4 aromatic rings. The van der Waals surface area contributed by atoms with Crippen LogP contribution in [0.3, 0.4) is 0 Å². The standard InChI is InChI=1S/C21H17FN6O3/c1-11-6-16(19(27-30)12-2-3-12)24-10-15(11)14-7-13-9-25-18(26-21(29)31-22)8-17(13)28-5-4-23-20(14)28/h4-10,12,30H,2-3H2,1H3,(H,25,26,29)/b27-19+. The highest BCUT2D eigenvalue weighted by molar-refractivity contribution is 6.02. The molecule has 1 aliphatic rings. The number of aryl methyl sites for hydroxylation is 1. The first-order valence-electron chi connectivity index (χ1n) is 9.63. The van der Waals surface area contributed by atoms with Gasteiger partial charge in [0.2, 0.25) is 0 Å². The molecule has 0 saturated heterocycles. The van der Waals surface area contributed by atoms with Crippen molar-refractivity contribution in [2.45, 2.75) is 19.8 Å². The van der Waals surface area contributed by atoms with Gasteiger partial charge in [-0.1, -0.05) is 5.16 Å². The van der Waals surface area contributed by atoms with Crippen molar-refractivity contribution in [3.63, 3.8) is 0 Å². The number of anilines is 1. The second-order valence-electron chi connectivity index (χ2n) is 7.44. The smallest absolute Gasteiger partial charge is 0.411 e. The highest BCUT2D eigenvalue weighted by Crippen LogP contribution is 2.35. The summed E-state index contributed by atoms with van der Waals surface area (Å²) < 4.78 is 13.9. The Morgan fingerprint density at radius 3 is 2.77 bits per heavy atom. The van der Waals surface area contributed by atoms with Crippen LogP contribution in [-0.4, -0.2) is 36.4 Å². The first-order chi connectivity index (χ1) is 15.1. The summed E-state index contributed by atoms with van der Waals surface area (Å²) in [4.78, 5) is 27.5. The number of aromatic nitrogens is 4. The van der Waals surface area contributed by atoms with E-state index in [1.165, 1.54) is 0 Å². The van der Waals surface area contributed by atoms with Gasteiger partial charge in [-0.3, -0.25) is 14.7 Å². The number of nitrogens with one attached hydrogen (secondary N) is 1. The summed E-state index contributed by atoms with van der Waals surface area (Å²) in [5.74, 6) is 0.418. The van der Waals surface area contributed by atoms with Crippen LogP contribution in [-0.2, 0) is 4.94 Å². The lowest BCUT2D eigenvalue weighted by Gasteiger charge is -2.12. The SMILES string of the molecule is Cc1cc(/C(=N/O)C2CC2)ncc1-c1cc2cnc(NC(=O)OF)cc2n2ccnc12. The minimum absolute atomic E-state index is 0.149. The maximum Gasteiger partial charge on any atom is 0.450 e. The first-order valence-corrected chi connectivity index (χ1v) is 9.63. The summed E-state index contributed by atoms with van der Waals surface area (Å²) in [6.45, 7) is 1.97. The second kappa shape index (κ2) is 7.31. The quantitative estimate of drug-likeness (QED) is 0.289. The van der Waals surface area contributed by atoms with Gasteiger partial charge in [0.05, 0.1) is 11.2 Å². The molecular formula is C21H17FN6O3. The lowest BCUT2D eigenvalue weighted by molar-refractivity contribution is -0.0544. The molecule has 4 heterocycles. The molecule has 1 saturated carbocycles. The van der Waals surface area contributed by atoms with Gasteiger partial charge >= 0.3 is 6.09 Å². The Kier molecular flexibility index (Phi) is 4.46. The van der Waals surface area contributed by atoms with E-state index in [4.69, 9.17) is 0 Å². The number of carbonyl (C=O) groups excluding carboxylic acids is 1. The molecule has 0 spiro atoms. The number of hydrogen-bond donors (Lipinski definition) is 2. The fourth-order valence-electron chi connectivity index (χ4n) is 3.76. The van der Waals surface area contributed by atoms with E-state index < -0.39 is 6.09 Å². The summed E-state index contributed by atoms with van der Waals surface area (Å²) in [7, 11) is 0. The number of nitrogens with zero attached hydrogens (tertiary/aromatic N) is 5. The Labute approximate surface area is 175 Å². The maximum absolute atomic E-state index is 12.0. The van der Waals surface area contributed by atoms with Gasteiger partial charge in [-0.2, -0.15) is 0 Å². The fourth-order valence-corrected chi connectivity index (χ4v) is 3.76. The molecule has 5 rings (SSSR count). The Morgan fingerprint density at radius 1 is 1.23 bits per heavy atom. The predicted molar refractivity (Wildman–Crippen MR) is 111 cm³/mol. The van der Waals surface area contributed by atoms with E-state index >= 15 is 0 Å². The van der Waals surface area contributed by atoms with Crippen LogP contribution in [0.25, 0.3) is 27.7 Å². The molecule has 2 N–H and O–H groups in total. The Balaban J connectivity index is 1.62. The number of imidazole rings is 1. The molecule has 1 aliphatic carbocycles. The third-order valence-corrected chi connectivity index (χ3v) is 5.39. The van der Waals surface area contributed by atoms with Crippen molar-refractivity contribution < 1.29 is 19.5 Å². The molecule has 9 nitrogen and oxygen atoms in total. The molecular weight excluding hydrogens is 403 g/mol. The van der Waals surface area contributed by atoms with Crippen LogP contribution >= 0.6 is 0 Å². The highest BCUT2D eigenvalue weighted by atomic mass is 19.3. The van der Waals surface area contributed by atoms with Gasteiger partial charge in [0, 0.05) is 57.8 Å². The van der Waals surface area contributed by atoms with Crippen molar-refractivity contribution in [2.24, 2.45) is 11.1 Å². The van der Waals surface area contributed by atoms with Crippen molar-refractivity contribution in [1.82, 2.24) is 19.4 Å².